The van der Waals surface area contributed by atoms with E-state index in [-0.39, 0.29) is 0 Å². The summed E-state index contributed by atoms with van der Waals surface area (Å²) in [6.07, 6.45) is 2.04. The van der Waals surface area contributed by atoms with Crippen molar-refractivity contribution in [3.8, 4) is 0 Å². The molecule has 0 aromatic rings. The third-order valence-electron chi connectivity index (χ3n) is 2.20. The van der Waals surface area contributed by atoms with Gasteiger partial charge in [-0.1, -0.05) is 20.3 Å². The Kier molecular flexibility index (Phi) is 12.8. The van der Waals surface area contributed by atoms with Crippen molar-refractivity contribution in [2.24, 2.45) is 0 Å². The van der Waals surface area contributed by atoms with Gasteiger partial charge in [-0.3, -0.25) is 4.90 Å². The number of hydrogen-bond donors (Lipinski definition) is 1. The molecule has 0 aromatic heterocycles. The molecular formula is C12H29NO. The predicted molar refractivity (Wildman–Crippen MR) is 64.6 cm³/mol. The zero-order valence-corrected chi connectivity index (χ0v) is 10.9. The second-order valence-corrected chi connectivity index (χ2v) is 4.10. The first-order valence-electron chi connectivity index (χ1n) is 5.87. The number of aliphatic hydroxyl groups excluding tert-OH is 1. The quantitative estimate of drug-likeness (QED) is 0.742. The fraction of sp³-hybridized carbons (Fsp3) is 1.00. The van der Waals surface area contributed by atoms with Crippen LogP contribution in [-0.2, 0) is 0 Å². The van der Waals surface area contributed by atoms with Crippen molar-refractivity contribution in [3.05, 3.63) is 0 Å². The molecule has 0 aliphatic rings. The second-order valence-electron chi connectivity index (χ2n) is 4.10. The molecule has 14 heavy (non-hydrogen) atoms. The molecule has 0 bridgehead atoms. The molecule has 0 saturated carbocycles. The van der Waals surface area contributed by atoms with Crippen LogP contribution in [0.2, 0.25) is 0 Å². The molecule has 0 fully saturated rings. The van der Waals surface area contributed by atoms with E-state index in [0.29, 0.717) is 18.7 Å². The van der Waals surface area contributed by atoms with Crippen molar-refractivity contribution in [2.75, 3.05) is 13.2 Å². The highest BCUT2D eigenvalue weighted by Gasteiger charge is 2.08. The van der Waals surface area contributed by atoms with Gasteiger partial charge < -0.3 is 5.11 Å². The SMILES string of the molecule is CCCCO.CCN(C(C)C)C(C)C. The average Bonchev–Trinajstić information content (AvgIpc) is 2.06. The minimum Gasteiger partial charge on any atom is -0.396 e. The molecule has 0 aromatic carbocycles. The first kappa shape index (κ1) is 16.4. The van der Waals surface area contributed by atoms with Crippen LogP contribution in [-0.4, -0.2) is 35.2 Å². The van der Waals surface area contributed by atoms with Gasteiger partial charge >= 0.3 is 0 Å². The van der Waals surface area contributed by atoms with E-state index in [1.807, 2.05) is 0 Å². The summed E-state index contributed by atoms with van der Waals surface area (Å²) in [4.78, 5) is 2.46. The summed E-state index contributed by atoms with van der Waals surface area (Å²) < 4.78 is 0. The van der Waals surface area contributed by atoms with Crippen LogP contribution in [0.5, 0.6) is 0 Å². The third-order valence-corrected chi connectivity index (χ3v) is 2.20. The molecule has 0 saturated heterocycles. The van der Waals surface area contributed by atoms with Crippen LogP contribution in [0.15, 0.2) is 0 Å². The molecule has 0 heterocycles. The molecule has 2 nitrogen and oxygen atoms in total. The molecular weight excluding hydrogens is 174 g/mol. The summed E-state index contributed by atoms with van der Waals surface area (Å²) in [6.45, 7) is 14.7. The molecule has 0 radical (unpaired) electrons. The number of hydrogen-bond acceptors (Lipinski definition) is 2. The fourth-order valence-corrected chi connectivity index (χ4v) is 1.48. The summed E-state index contributed by atoms with van der Waals surface area (Å²) in [5.74, 6) is 0. The molecule has 2 heteroatoms. The minimum atomic E-state index is 0.344. The van der Waals surface area contributed by atoms with Crippen LogP contribution in [0.25, 0.3) is 0 Å². The van der Waals surface area contributed by atoms with Crippen LogP contribution >= 0.6 is 0 Å². The maximum Gasteiger partial charge on any atom is 0.0430 e. The molecule has 88 valence electrons. The molecule has 0 amide bonds. The van der Waals surface area contributed by atoms with E-state index in [4.69, 9.17) is 5.11 Å². The van der Waals surface area contributed by atoms with Gasteiger partial charge in [0, 0.05) is 18.7 Å². The van der Waals surface area contributed by atoms with E-state index < -0.39 is 0 Å². The van der Waals surface area contributed by atoms with Gasteiger partial charge in [0.1, 0.15) is 0 Å². The number of aliphatic hydroxyl groups is 1. The summed E-state index contributed by atoms with van der Waals surface area (Å²) >= 11 is 0. The van der Waals surface area contributed by atoms with Crippen molar-refractivity contribution in [3.63, 3.8) is 0 Å². The number of rotatable bonds is 5. The molecule has 0 unspecified atom stereocenters. The van der Waals surface area contributed by atoms with Gasteiger partial charge in [-0.25, -0.2) is 0 Å². The predicted octanol–water partition coefficient (Wildman–Crippen LogP) is 2.90. The lowest BCUT2D eigenvalue weighted by atomic mass is 10.2. The monoisotopic (exact) mass is 203 g/mol. The largest absolute Gasteiger partial charge is 0.396 e. The van der Waals surface area contributed by atoms with Crippen molar-refractivity contribution in [1.29, 1.82) is 0 Å². The Morgan fingerprint density at radius 3 is 1.43 bits per heavy atom. The van der Waals surface area contributed by atoms with Gasteiger partial charge in [0.05, 0.1) is 0 Å². The average molecular weight is 203 g/mol. The number of nitrogens with zero attached hydrogens (tertiary/aromatic N) is 1. The van der Waals surface area contributed by atoms with Crippen LogP contribution in [0.4, 0.5) is 0 Å². The fourth-order valence-electron chi connectivity index (χ4n) is 1.48. The third kappa shape index (κ3) is 10.0. The van der Waals surface area contributed by atoms with E-state index in [2.05, 4.69) is 46.4 Å². The normalized spacial score (nSPS) is 10.7. The Labute approximate surface area is 90.3 Å². The Morgan fingerprint density at radius 1 is 1.00 bits per heavy atom. The first-order valence-corrected chi connectivity index (χ1v) is 5.87. The van der Waals surface area contributed by atoms with Crippen LogP contribution < -0.4 is 0 Å². The summed E-state index contributed by atoms with van der Waals surface area (Å²) in [7, 11) is 0. The lowest BCUT2D eigenvalue weighted by Crippen LogP contribution is -2.36. The maximum atomic E-state index is 8.07. The van der Waals surface area contributed by atoms with E-state index in [9.17, 15) is 0 Å². The van der Waals surface area contributed by atoms with Crippen LogP contribution in [0.3, 0.4) is 0 Å². The Bertz CT molecular complexity index is 92.5. The maximum absolute atomic E-state index is 8.07. The Morgan fingerprint density at radius 2 is 1.43 bits per heavy atom. The topological polar surface area (TPSA) is 23.5 Å². The lowest BCUT2D eigenvalue weighted by molar-refractivity contribution is 0.185. The van der Waals surface area contributed by atoms with Gasteiger partial charge in [0.25, 0.3) is 0 Å². The van der Waals surface area contributed by atoms with Gasteiger partial charge in [-0.05, 0) is 40.7 Å². The Hall–Kier alpha value is -0.0800. The van der Waals surface area contributed by atoms with Crippen LogP contribution in [0.1, 0.15) is 54.4 Å². The summed E-state index contributed by atoms with van der Waals surface area (Å²) in [5.41, 5.74) is 0. The zero-order chi connectivity index (χ0) is 11.6. The smallest absolute Gasteiger partial charge is 0.0430 e. The van der Waals surface area contributed by atoms with Crippen molar-refractivity contribution in [2.45, 2.75) is 66.5 Å². The minimum absolute atomic E-state index is 0.344. The van der Waals surface area contributed by atoms with Crippen molar-refractivity contribution >= 4 is 0 Å². The van der Waals surface area contributed by atoms with Gasteiger partial charge in [0.15, 0.2) is 0 Å². The lowest BCUT2D eigenvalue weighted by Gasteiger charge is -2.28. The van der Waals surface area contributed by atoms with Gasteiger partial charge in [0.2, 0.25) is 0 Å². The molecule has 0 spiro atoms. The molecule has 0 atom stereocenters. The highest BCUT2D eigenvalue weighted by Crippen LogP contribution is 2.02. The van der Waals surface area contributed by atoms with Gasteiger partial charge in [-0.15, -0.1) is 0 Å². The summed E-state index contributed by atoms with van der Waals surface area (Å²) in [6, 6.07) is 1.38. The van der Waals surface area contributed by atoms with Crippen LogP contribution in [0, 0.1) is 0 Å². The van der Waals surface area contributed by atoms with Crippen molar-refractivity contribution in [1.82, 2.24) is 4.90 Å². The molecule has 0 aliphatic heterocycles. The zero-order valence-electron chi connectivity index (χ0n) is 10.9. The summed E-state index contributed by atoms with van der Waals surface area (Å²) in [5, 5.41) is 8.07. The molecule has 1 N–H and O–H groups in total. The standard InChI is InChI=1S/C8H19N.C4H10O/c1-6-9(7(2)3)8(4)5;1-2-3-4-5/h7-8H,6H2,1-5H3;5H,2-4H2,1H3. The molecule has 0 aliphatic carbocycles. The molecule has 0 rings (SSSR count). The highest BCUT2D eigenvalue weighted by atomic mass is 16.2. The Balaban J connectivity index is 0. The van der Waals surface area contributed by atoms with Gasteiger partial charge in [-0.2, -0.15) is 0 Å². The van der Waals surface area contributed by atoms with E-state index in [1.165, 1.54) is 0 Å². The second kappa shape index (κ2) is 11.0. The van der Waals surface area contributed by atoms with Crippen molar-refractivity contribution < 1.29 is 5.11 Å². The number of unbranched alkanes of at least 4 members (excludes halogenated alkanes) is 1. The van der Waals surface area contributed by atoms with E-state index in [0.717, 1.165) is 19.4 Å². The van der Waals surface area contributed by atoms with E-state index >= 15 is 0 Å². The highest BCUT2D eigenvalue weighted by molar-refractivity contribution is 4.64. The first-order chi connectivity index (χ1) is 6.51. The van der Waals surface area contributed by atoms with E-state index in [1.54, 1.807) is 0 Å².